The van der Waals surface area contributed by atoms with Crippen molar-refractivity contribution in [2.75, 3.05) is 7.11 Å². The molecule has 2 aliphatic rings. The normalized spacial score (nSPS) is 31.4. The van der Waals surface area contributed by atoms with E-state index in [2.05, 4.69) is 13.0 Å². The van der Waals surface area contributed by atoms with Crippen molar-refractivity contribution >= 4 is 5.97 Å². The summed E-state index contributed by atoms with van der Waals surface area (Å²) in [6.07, 6.45) is 4.34. The lowest BCUT2D eigenvalue weighted by molar-refractivity contribution is -0.161. The van der Waals surface area contributed by atoms with Crippen LogP contribution >= 0.6 is 0 Å². The fraction of sp³-hybridized carbons (Fsp3) is 0.667. The second-order valence-corrected chi connectivity index (χ2v) is 8.62. The lowest BCUT2D eigenvalue weighted by Crippen LogP contribution is -2.52. The number of hydrogen-bond donors (Lipinski definition) is 2. The van der Waals surface area contributed by atoms with E-state index in [-0.39, 0.29) is 34.7 Å². The molecule has 4 heteroatoms. The highest BCUT2D eigenvalue weighted by Crippen LogP contribution is 2.60. The number of benzene rings is 1. The number of carbonyl (C=O) groups is 1. The van der Waals surface area contributed by atoms with Crippen molar-refractivity contribution < 1.29 is 19.7 Å². The van der Waals surface area contributed by atoms with Gasteiger partial charge < -0.3 is 14.9 Å². The topological polar surface area (TPSA) is 66.8 Å². The van der Waals surface area contributed by atoms with Crippen LogP contribution in [0.25, 0.3) is 0 Å². The molecule has 0 saturated heterocycles. The number of esters is 1. The van der Waals surface area contributed by atoms with Crippen molar-refractivity contribution in [3.63, 3.8) is 0 Å². The number of phenols is 2. The molecule has 0 bridgehead atoms. The third-order valence-electron chi connectivity index (χ3n) is 6.86. The van der Waals surface area contributed by atoms with Gasteiger partial charge in [0, 0.05) is 16.5 Å². The third kappa shape index (κ3) is 2.44. The van der Waals surface area contributed by atoms with Crippen LogP contribution in [0.4, 0.5) is 0 Å². The van der Waals surface area contributed by atoms with Crippen LogP contribution in [0, 0.1) is 11.3 Å². The van der Waals surface area contributed by atoms with Gasteiger partial charge in [0.05, 0.1) is 12.5 Å². The lowest BCUT2D eigenvalue weighted by Gasteiger charge is -2.54. The Bertz CT molecular complexity index is 708. The van der Waals surface area contributed by atoms with Crippen LogP contribution in [0.1, 0.15) is 76.0 Å². The highest BCUT2D eigenvalue weighted by Gasteiger charge is 2.56. The number of aromatic hydroxyl groups is 2. The summed E-state index contributed by atoms with van der Waals surface area (Å²) in [5, 5.41) is 21.4. The molecule has 1 aromatic rings. The lowest BCUT2D eigenvalue weighted by atomic mass is 9.49. The molecule has 2 N–H and O–H groups in total. The average Bonchev–Trinajstić information content (AvgIpc) is 2.56. The minimum absolute atomic E-state index is 0.000898. The van der Waals surface area contributed by atoms with E-state index >= 15 is 0 Å². The van der Waals surface area contributed by atoms with Gasteiger partial charge >= 0.3 is 5.97 Å². The number of fused-ring (bicyclic) bond motifs is 3. The second-order valence-electron chi connectivity index (χ2n) is 8.62. The predicted molar refractivity (Wildman–Crippen MR) is 97.0 cm³/mol. The first-order valence-corrected chi connectivity index (χ1v) is 9.33. The van der Waals surface area contributed by atoms with E-state index in [1.54, 1.807) is 0 Å². The minimum atomic E-state index is -0.543. The van der Waals surface area contributed by atoms with Gasteiger partial charge in [0.25, 0.3) is 0 Å². The average molecular weight is 346 g/mol. The van der Waals surface area contributed by atoms with E-state index < -0.39 is 5.41 Å². The van der Waals surface area contributed by atoms with Crippen LogP contribution in [0.15, 0.2) is 6.07 Å². The summed E-state index contributed by atoms with van der Waals surface area (Å²) < 4.78 is 5.13. The molecule has 1 fully saturated rings. The van der Waals surface area contributed by atoms with Gasteiger partial charge in [0.15, 0.2) is 11.5 Å². The molecule has 138 valence electrons. The molecule has 0 aromatic heterocycles. The first-order valence-electron chi connectivity index (χ1n) is 9.33. The van der Waals surface area contributed by atoms with Crippen LogP contribution in [-0.2, 0) is 21.4 Å². The van der Waals surface area contributed by atoms with Crippen molar-refractivity contribution in [3.05, 3.63) is 22.8 Å². The van der Waals surface area contributed by atoms with E-state index in [0.29, 0.717) is 0 Å². The van der Waals surface area contributed by atoms with E-state index in [1.807, 2.05) is 20.8 Å². The quantitative estimate of drug-likeness (QED) is 0.615. The molecule has 0 radical (unpaired) electrons. The molecule has 4 nitrogen and oxygen atoms in total. The molecule has 0 unspecified atom stereocenters. The zero-order valence-corrected chi connectivity index (χ0v) is 16.0. The predicted octanol–water partition coefficient (Wildman–Crippen LogP) is 4.40. The summed E-state index contributed by atoms with van der Waals surface area (Å²) in [7, 11) is 1.45. The van der Waals surface area contributed by atoms with E-state index in [0.717, 1.165) is 48.8 Å². The Morgan fingerprint density at radius 1 is 1.24 bits per heavy atom. The van der Waals surface area contributed by atoms with Gasteiger partial charge in [0.2, 0.25) is 0 Å². The molecule has 0 amide bonds. The maximum absolute atomic E-state index is 12.6. The van der Waals surface area contributed by atoms with Gasteiger partial charge in [-0.2, -0.15) is 0 Å². The van der Waals surface area contributed by atoms with Crippen molar-refractivity contribution in [3.8, 4) is 11.5 Å². The van der Waals surface area contributed by atoms with Crippen LogP contribution in [0.2, 0.25) is 0 Å². The van der Waals surface area contributed by atoms with E-state index in [4.69, 9.17) is 4.74 Å². The van der Waals surface area contributed by atoms with Crippen molar-refractivity contribution in [2.24, 2.45) is 11.3 Å². The van der Waals surface area contributed by atoms with Gasteiger partial charge in [-0.3, -0.25) is 4.79 Å². The molecule has 0 spiro atoms. The Labute approximate surface area is 150 Å². The SMILES string of the molecule is COC(=O)[C@]1(C)CCC[C@]2(C)c3c(cc(C(C)C)c(O)c3O)CC[C@@H]12. The van der Waals surface area contributed by atoms with Crippen molar-refractivity contribution in [1.29, 1.82) is 0 Å². The van der Waals surface area contributed by atoms with Gasteiger partial charge in [-0.05, 0) is 50.0 Å². The maximum Gasteiger partial charge on any atom is 0.311 e. The maximum atomic E-state index is 12.6. The molecule has 0 heterocycles. The first-order chi connectivity index (χ1) is 11.7. The highest BCUT2D eigenvalue weighted by atomic mass is 16.5. The number of phenolic OH excluding ortho intramolecular Hbond substituents is 2. The monoisotopic (exact) mass is 346 g/mol. The van der Waals surface area contributed by atoms with Gasteiger partial charge in [0.1, 0.15) is 0 Å². The molecular weight excluding hydrogens is 316 g/mol. The fourth-order valence-electron chi connectivity index (χ4n) is 5.60. The summed E-state index contributed by atoms with van der Waals surface area (Å²) in [5.74, 6) is 0.107. The Morgan fingerprint density at radius 2 is 1.92 bits per heavy atom. The van der Waals surface area contributed by atoms with Crippen molar-refractivity contribution in [1.82, 2.24) is 0 Å². The number of hydrogen-bond acceptors (Lipinski definition) is 4. The van der Waals surface area contributed by atoms with Gasteiger partial charge in [-0.15, -0.1) is 0 Å². The van der Waals surface area contributed by atoms with E-state index in [9.17, 15) is 15.0 Å². The van der Waals surface area contributed by atoms with Crippen LogP contribution in [-0.4, -0.2) is 23.3 Å². The highest BCUT2D eigenvalue weighted by molar-refractivity contribution is 5.77. The number of ether oxygens (including phenoxy) is 1. The van der Waals surface area contributed by atoms with Gasteiger partial charge in [-0.25, -0.2) is 0 Å². The molecule has 2 aliphatic carbocycles. The molecule has 25 heavy (non-hydrogen) atoms. The molecule has 3 atom stereocenters. The Kier molecular flexibility index (Phi) is 4.29. The number of aryl methyl sites for hydroxylation is 1. The Balaban J connectivity index is 2.18. The molecular formula is C21H30O4. The van der Waals surface area contributed by atoms with Crippen LogP contribution < -0.4 is 0 Å². The molecule has 1 aromatic carbocycles. The molecule has 3 rings (SSSR count). The Hall–Kier alpha value is -1.71. The summed E-state index contributed by atoms with van der Waals surface area (Å²) >= 11 is 0. The minimum Gasteiger partial charge on any atom is -0.504 e. The standard InChI is InChI=1S/C21H30O4/c1-12(2)14-11-13-7-8-15-20(3,16(13)18(23)17(14)22)9-6-10-21(15,4)19(24)25-5/h11-12,15,22-23H,6-10H2,1-5H3/t15-,20+,21-/m1/s1. The summed E-state index contributed by atoms with van der Waals surface area (Å²) in [4.78, 5) is 12.6. The second kappa shape index (κ2) is 5.93. The third-order valence-corrected chi connectivity index (χ3v) is 6.86. The number of rotatable bonds is 2. The van der Waals surface area contributed by atoms with E-state index in [1.165, 1.54) is 7.11 Å². The zero-order chi connectivity index (χ0) is 18.6. The van der Waals surface area contributed by atoms with Crippen LogP contribution in [0.3, 0.4) is 0 Å². The van der Waals surface area contributed by atoms with Crippen molar-refractivity contribution in [2.45, 2.75) is 71.1 Å². The number of carbonyl (C=O) groups excluding carboxylic acids is 1. The summed E-state index contributed by atoms with van der Waals surface area (Å²) in [6.45, 7) is 8.18. The number of methoxy groups -OCH3 is 1. The molecule has 0 aliphatic heterocycles. The summed E-state index contributed by atoms with van der Waals surface area (Å²) in [5.41, 5.74) is 1.89. The smallest absolute Gasteiger partial charge is 0.311 e. The fourth-order valence-corrected chi connectivity index (χ4v) is 5.60. The zero-order valence-electron chi connectivity index (χ0n) is 16.0. The Morgan fingerprint density at radius 3 is 2.52 bits per heavy atom. The van der Waals surface area contributed by atoms with Gasteiger partial charge in [-0.1, -0.05) is 33.3 Å². The van der Waals surface area contributed by atoms with Crippen LogP contribution in [0.5, 0.6) is 11.5 Å². The first kappa shape index (κ1) is 18.1. The summed E-state index contributed by atoms with van der Waals surface area (Å²) in [6, 6.07) is 2.06. The largest absolute Gasteiger partial charge is 0.504 e. The molecule has 1 saturated carbocycles.